The molecule has 0 fully saturated rings. The molecule has 1 aromatic carbocycles. The number of aryl methyl sites for hydroxylation is 1. The third-order valence-corrected chi connectivity index (χ3v) is 3.46. The molecule has 98 valence electrons. The summed E-state index contributed by atoms with van der Waals surface area (Å²) in [6.07, 6.45) is 6.14. The van der Waals surface area contributed by atoms with Crippen LogP contribution in [0, 0.1) is 0 Å². The number of rotatable bonds is 4. The molecular formula is C15H18N4. The molecule has 2 aromatic heterocycles. The van der Waals surface area contributed by atoms with Gasteiger partial charge in [0.05, 0.1) is 18.3 Å². The summed E-state index contributed by atoms with van der Waals surface area (Å²) < 4.78 is 4.19. The molecule has 0 atom stereocenters. The van der Waals surface area contributed by atoms with Gasteiger partial charge in [-0.15, -0.1) is 0 Å². The van der Waals surface area contributed by atoms with Gasteiger partial charge in [0.1, 0.15) is 0 Å². The van der Waals surface area contributed by atoms with Crippen LogP contribution in [0.2, 0.25) is 0 Å². The van der Waals surface area contributed by atoms with Crippen LogP contribution >= 0.6 is 0 Å². The molecule has 0 unspecified atom stereocenters. The van der Waals surface area contributed by atoms with Gasteiger partial charge in [-0.25, -0.2) is 0 Å². The molecule has 0 saturated carbocycles. The van der Waals surface area contributed by atoms with Crippen LogP contribution in [0.25, 0.3) is 10.9 Å². The molecule has 0 aliphatic carbocycles. The zero-order valence-corrected chi connectivity index (χ0v) is 11.1. The number of hydrogen-bond acceptors (Lipinski definition) is 2. The summed E-state index contributed by atoms with van der Waals surface area (Å²) in [6, 6.07) is 8.41. The lowest BCUT2D eigenvalue weighted by Crippen LogP contribution is -2.03. The Morgan fingerprint density at radius 2 is 2.16 bits per heavy atom. The minimum Gasteiger partial charge on any atom is -0.343 e. The maximum Gasteiger partial charge on any atom is 0.0539 e. The van der Waals surface area contributed by atoms with Gasteiger partial charge in [-0.3, -0.25) is 4.68 Å². The lowest BCUT2D eigenvalue weighted by atomic mass is 10.1. The number of fused-ring (bicyclic) bond motifs is 1. The van der Waals surface area contributed by atoms with Crippen molar-refractivity contribution in [1.29, 1.82) is 0 Å². The molecule has 4 heteroatoms. The van der Waals surface area contributed by atoms with Crippen LogP contribution in [0.5, 0.6) is 0 Å². The molecule has 0 aliphatic rings. The highest BCUT2D eigenvalue weighted by molar-refractivity contribution is 5.83. The van der Waals surface area contributed by atoms with E-state index in [2.05, 4.69) is 53.2 Å². The number of para-hydroxylation sites is 1. The van der Waals surface area contributed by atoms with Crippen molar-refractivity contribution in [1.82, 2.24) is 14.3 Å². The van der Waals surface area contributed by atoms with Crippen molar-refractivity contribution in [3.8, 4) is 0 Å². The van der Waals surface area contributed by atoms with E-state index >= 15 is 0 Å². The van der Waals surface area contributed by atoms with E-state index in [1.807, 2.05) is 10.9 Å². The van der Waals surface area contributed by atoms with Gasteiger partial charge >= 0.3 is 0 Å². The summed E-state index contributed by atoms with van der Waals surface area (Å²) in [5.41, 5.74) is 9.46. The topological polar surface area (TPSA) is 48.8 Å². The van der Waals surface area contributed by atoms with Gasteiger partial charge in [-0.05, 0) is 23.9 Å². The summed E-state index contributed by atoms with van der Waals surface area (Å²) in [5, 5.41) is 5.56. The van der Waals surface area contributed by atoms with E-state index in [1.54, 1.807) is 0 Å². The Morgan fingerprint density at radius 3 is 2.89 bits per heavy atom. The van der Waals surface area contributed by atoms with Crippen molar-refractivity contribution in [2.75, 3.05) is 0 Å². The molecule has 0 radical (unpaired) electrons. The summed E-state index contributed by atoms with van der Waals surface area (Å²) in [4.78, 5) is 0. The number of nitrogens with two attached hydrogens (primary N) is 1. The largest absolute Gasteiger partial charge is 0.343 e. The normalized spacial score (nSPS) is 11.3. The van der Waals surface area contributed by atoms with E-state index in [4.69, 9.17) is 5.73 Å². The van der Waals surface area contributed by atoms with Crippen LogP contribution in [-0.4, -0.2) is 14.3 Å². The van der Waals surface area contributed by atoms with Crippen LogP contribution in [-0.2, 0) is 19.6 Å². The zero-order valence-electron chi connectivity index (χ0n) is 11.1. The zero-order chi connectivity index (χ0) is 13.2. The molecule has 0 bridgehead atoms. The molecule has 2 heterocycles. The third kappa shape index (κ3) is 2.15. The first-order chi connectivity index (χ1) is 9.31. The van der Waals surface area contributed by atoms with Crippen molar-refractivity contribution in [2.24, 2.45) is 5.73 Å². The van der Waals surface area contributed by atoms with E-state index < -0.39 is 0 Å². The van der Waals surface area contributed by atoms with Crippen molar-refractivity contribution < 1.29 is 0 Å². The Labute approximate surface area is 112 Å². The van der Waals surface area contributed by atoms with E-state index in [0.29, 0.717) is 6.54 Å². The quantitative estimate of drug-likeness (QED) is 0.777. The monoisotopic (exact) mass is 254 g/mol. The average Bonchev–Trinajstić information content (AvgIpc) is 3.06. The lowest BCUT2D eigenvalue weighted by Gasteiger charge is -2.07. The average molecular weight is 254 g/mol. The first-order valence-electron chi connectivity index (χ1n) is 6.60. The van der Waals surface area contributed by atoms with Gasteiger partial charge in [0.2, 0.25) is 0 Å². The predicted octanol–water partition coefficient (Wildman–Crippen LogP) is 2.36. The predicted molar refractivity (Wildman–Crippen MR) is 76.8 cm³/mol. The van der Waals surface area contributed by atoms with Gasteiger partial charge in [-0.1, -0.05) is 18.2 Å². The minimum absolute atomic E-state index is 0.565. The Balaban J connectivity index is 2.00. The van der Waals surface area contributed by atoms with E-state index in [-0.39, 0.29) is 0 Å². The molecule has 0 spiro atoms. The van der Waals surface area contributed by atoms with Gasteiger partial charge in [0.25, 0.3) is 0 Å². The summed E-state index contributed by atoms with van der Waals surface area (Å²) in [5.74, 6) is 0. The number of aromatic nitrogens is 3. The highest BCUT2D eigenvalue weighted by atomic mass is 15.3. The molecule has 0 saturated heterocycles. The highest BCUT2D eigenvalue weighted by Gasteiger charge is 2.07. The summed E-state index contributed by atoms with van der Waals surface area (Å²) in [6.45, 7) is 4.39. The molecule has 19 heavy (non-hydrogen) atoms. The fourth-order valence-corrected chi connectivity index (χ4v) is 2.49. The second-order valence-corrected chi connectivity index (χ2v) is 4.71. The highest BCUT2D eigenvalue weighted by Crippen LogP contribution is 2.21. The molecule has 0 amide bonds. The van der Waals surface area contributed by atoms with Crippen molar-refractivity contribution in [3.63, 3.8) is 0 Å². The van der Waals surface area contributed by atoms with E-state index in [9.17, 15) is 0 Å². The standard InChI is InChI=1S/C15H18N4/c1-2-19-11-12(9-17-19)10-18-7-6-13-4-3-5-14(8-16)15(13)18/h3-7,9,11H,2,8,10,16H2,1H3. The number of nitrogens with zero attached hydrogens (tertiary/aromatic N) is 3. The maximum absolute atomic E-state index is 5.83. The fraction of sp³-hybridized carbons (Fsp3) is 0.267. The van der Waals surface area contributed by atoms with Crippen LogP contribution in [0.1, 0.15) is 18.1 Å². The van der Waals surface area contributed by atoms with E-state index in [1.165, 1.54) is 22.0 Å². The van der Waals surface area contributed by atoms with Crippen molar-refractivity contribution in [2.45, 2.75) is 26.6 Å². The second kappa shape index (κ2) is 4.90. The molecule has 3 rings (SSSR count). The first-order valence-corrected chi connectivity index (χ1v) is 6.60. The molecule has 3 aromatic rings. The van der Waals surface area contributed by atoms with Gasteiger partial charge < -0.3 is 10.3 Å². The molecule has 2 N–H and O–H groups in total. The van der Waals surface area contributed by atoms with Crippen LogP contribution in [0.15, 0.2) is 42.9 Å². The van der Waals surface area contributed by atoms with Crippen LogP contribution in [0.3, 0.4) is 0 Å². The minimum atomic E-state index is 0.565. The van der Waals surface area contributed by atoms with Crippen molar-refractivity contribution in [3.05, 3.63) is 54.0 Å². The van der Waals surface area contributed by atoms with Crippen LogP contribution in [0.4, 0.5) is 0 Å². The van der Waals surface area contributed by atoms with Crippen LogP contribution < -0.4 is 5.73 Å². The Bertz CT molecular complexity index is 693. The summed E-state index contributed by atoms with van der Waals surface area (Å²) in [7, 11) is 0. The van der Waals surface area contributed by atoms with Gasteiger partial charge in [-0.2, -0.15) is 5.10 Å². The van der Waals surface area contributed by atoms with E-state index in [0.717, 1.165) is 13.1 Å². The number of benzene rings is 1. The van der Waals surface area contributed by atoms with Crippen molar-refractivity contribution >= 4 is 10.9 Å². The maximum atomic E-state index is 5.83. The molecule has 0 aliphatic heterocycles. The molecular weight excluding hydrogens is 236 g/mol. The Kier molecular flexibility index (Phi) is 3.09. The second-order valence-electron chi connectivity index (χ2n) is 4.71. The molecule has 4 nitrogen and oxygen atoms in total. The third-order valence-electron chi connectivity index (χ3n) is 3.46. The first kappa shape index (κ1) is 12.0. The Morgan fingerprint density at radius 1 is 1.26 bits per heavy atom. The fourth-order valence-electron chi connectivity index (χ4n) is 2.49. The smallest absolute Gasteiger partial charge is 0.0539 e. The van der Waals surface area contributed by atoms with Gasteiger partial charge in [0.15, 0.2) is 0 Å². The van der Waals surface area contributed by atoms with Gasteiger partial charge in [0, 0.05) is 31.0 Å². The summed E-state index contributed by atoms with van der Waals surface area (Å²) >= 11 is 0. The Hall–Kier alpha value is -2.07. The lowest BCUT2D eigenvalue weighted by molar-refractivity contribution is 0.658. The SMILES string of the molecule is CCn1cc(Cn2ccc3cccc(CN)c32)cn1. The number of hydrogen-bond donors (Lipinski definition) is 1.